The molecule has 0 radical (unpaired) electrons. The summed E-state index contributed by atoms with van der Waals surface area (Å²) >= 11 is 1.32. The summed E-state index contributed by atoms with van der Waals surface area (Å²) in [5, 5.41) is 0.798. The smallest absolute Gasteiger partial charge is 0.273 e. The van der Waals surface area contributed by atoms with E-state index < -0.39 is 0 Å². The van der Waals surface area contributed by atoms with Crippen LogP contribution in [0.15, 0.2) is 30.3 Å². The zero-order valence-electron chi connectivity index (χ0n) is 11.6. The second kappa shape index (κ2) is 5.65. The van der Waals surface area contributed by atoms with E-state index in [1.807, 2.05) is 30.3 Å². The quantitative estimate of drug-likeness (QED) is 0.854. The predicted octanol–water partition coefficient (Wildman–Crippen LogP) is 2.29. The van der Waals surface area contributed by atoms with Crippen molar-refractivity contribution < 1.29 is 9.59 Å². The van der Waals surface area contributed by atoms with Crippen LogP contribution in [-0.4, -0.2) is 16.8 Å². The summed E-state index contributed by atoms with van der Waals surface area (Å²) < 4.78 is 0. The van der Waals surface area contributed by atoms with E-state index in [-0.39, 0.29) is 17.7 Å². The summed E-state index contributed by atoms with van der Waals surface area (Å²) in [6.07, 6.45) is 1.80. The Balaban J connectivity index is 1.71. The Labute approximate surface area is 126 Å². The molecule has 1 fully saturated rings. The molecule has 1 aromatic heterocycles. The number of aryl methyl sites for hydroxylation is 1. The van der Waals surface area contributed by atoms with Gasteiger partial charge in [0.05, 0.1) is 5.69 Å². The van der Waals surface area contributed by atoms with Crippen LogP contribution in [0.2, 0.25) is 0 Å². The summed E-state index contributed by atoms with van der Waals surface area (Å²) in [7, 11) is 0. The lowest BCUT2D eigenvalue weighted by atomic mass is 10.2. The molecule has 1 heterocycles. The Morgan fingerprint density at radius 1 is 1.19 bits per heavy atom. The Hall–Kier alpha value is -2.21. The number of hydrogen-bond donors (Lipinski definition) is 2. The van der Waals surface area contributed by atoms with E-state index in [1.165, 1.54) is 11.3 Å². The lowest BCUT2D eigenvalue weighted by molar-refractivity contribution is -0.123. The van der Waals surface area contributed by atoms with E-state index in [9.17, 15) is 9.59 Å². The van der Waals surface area contributed by atoms with Crippen molar-refractivity contribution in [2.75, 3.05) is 0 Å². The number of nitrogens with one attached hydrogen (secondary N) is 2. The number of rotatable bonds is 3. The number of hydrazine groups is 1. The third kappa shape index (κ3) is 3.11. The van der Waals surface area contributed by atoms with Crippen molar-refractivity contribution in [3.05, 3.63) is 40.9 Å². The number of carbonyl (C=O) groups excluding carboxylic acids is 2. The van der Waals surface area contributed by atoms with Crippen molar-refractivity contribution in [3.63, 3.8) is 0 Å². The van der Waals surface area contributed by atoms with Crippen LogP contribution < -0.4 is 10.9 Å². The Bertz CT molecular complexity index is 677. The molecule has 6 heteroatoms. The van der Waals surface area contributed by atoms with Crippen LogP contribution in [0.3, 0.4) is 0 Å². The number of amides is 2. The normalized spacial score (nSPS) is 13.8. The highest BCUT2D eigenvalue weighted by Gasteiger charge is 2.30. The van der Waals surface area contributed by atoms with Crippen molar-refractivity contribution >= 4 is 23.2 Å². The van der Waals surface area contributed by atoms with Crippen molar-refractivity contribution in [2.24, 2.45) is 5.92 Å². The number of nitrogens with zero attached hydrogens (tertiary/aromatic N) is 1. The molecule has 1 saturated carbocycles. The number of benzene rings is 1. The molecule has 108 valence electrons. The van der Waals surface area contributed by atoms with Gasteiger partial charge in [-0.25, -0.2) is 4.98 Å². The van der Waals surface area contributed by atoms with E-state index in [2.05, 4.69) is 15.8 Å². The highest BCUT2D eigenvalue weighted by molar-refractivity contribution is 7.17. The Kier molecular flexibility index (Phi) is 3.70. The van der Waals surface area contributed by atoms with E-state index in [1.54, 1.807) is 6.92 Å². The minimum absolute atomic E-state index is 0.0627. The molecular weight excluding hydrogens is 286 g/mol. The maximum absolute atomic E-state index is 12.1. The summed E-state index contributed by atoms with van der Waals surface area (Å²) in [4.78, 5) is 28.6. The maximum atomic E-state index is 12.1. The molecule has 1 aromatic carbocycles. The first-order chi connectivity index (χ1) is 10.1. The monoisotopic (exact) mass is 301 g/mol. The van der Waals surface area contributed by atoms with Gasteiger partial charge in [-0.05, 0) is 19.8 Å². The average Bonchev–Trinajstić information content (AvgIpc) is 3.28. The van der Waals surface area contributed by atoms with E-state index in [0.29, 0.717) is 10.6 Å². The number of thiazole rings is 1. The second-order valence-corrected chi connectivity index (χ2v) is 6.02. The summed E-state index contributed by atoms with van der Waals surface area (Å²) in [5.74, 6) is -0.372. The van der Waals surface area contributed by atoms with Gasteiger partial charge in [-0.15, -0.1) is 11.3 Å². The van der Waals surface area contributed by atoms with Gasteiger partial charge in [-0.2, -0.15) is 0 Å². The maximum Gasteiger partial charge on any atom is 0.281 e. The first kappa shape index (κ1) is 13.8. The first-order valence-corrected chi connectivity index (χ1v) is 7.60. The lowest BCUT2D eigenvalue weighted by Gasteiger charge is -2.05. The van der Waals surface area contributed by atoms with Crippen LogP contribution in [0.1, 0.15) is 28.2 Å². The zero-order valence-corrected chi connectivity index (χ0v) is 12.4. The van der Waals surface area contributed by atoms with E-state index in [0.717, 1.165) is 23.4 Å². The molecule has 3 rings (SSSR count). The van der Waals surface area contributed by atoms with Gasteiger partial charge in [0.25, 0.3) is 5.91 Å². The number of aromatic nitrogens is 1. The fourth-order valence-electron chi connectivity index (χ4n) is 1.93. The highest BCUT2D eigenvalue weighted by Crippen LogP contribution is 2.29. The van der Waals surface area contributed by atoms with Crippen LogP contribution in [-0.2, 0) is 4.79 Å². The van der Waals surface area contributed by atoms with Crippen molar-refractivity contribution in [1.82, 2.24) is 15.8 Å². The zero-order chi connectivity index (χ0) is 14.8. The largest absolute Gasteiger partial charge is 0.281 e. The minimum atomic E-state index is -0.318. The van der Waals surface area contributed by atoms with Gasteiger partial charge in [0.15, 0.2) is 0 Å². The van der Waals surface area contributed by atoms with Gasteiger partial charge in [-0.1, -0.05) is 30.3 Å². The molecular formula is C15H15N3O2S. The molecule has 21 heavy (non-hydrogen) atoms. The van der Waals surface area contributed by atoms with E-state index in [4.69, 9.17) is 0 Å². The van der Waals surface area contributed by atoms with Crippen molar-refractivity contribution in [2.45, 2.75) is 19.8 Å². The summed E-state index contributed by atoms with van der Waals surface area (Å²) in [6, 6.07) is 9.71. The summed E-state index contributed by atoms with van der Waals surface area (Å²) in [5.41, 5.74) is 6.56. The molecule has 1 aliphatic carbocycles. The Morgan fingerprint density at radius 2 is 1.90 bits per heavy atom. The molecule has 0 spiro atoms. The van der Waals surface area contributed by atoms with Crippen LogP contribution in [0.25, 0.3) is 10.6 Å². The second-order valence-electron chi connectivity index (χ2n) is 5.02. The minimum Gasteiger partial charge on any atom is -0.273 e. The molecule has 0 unspecified atom stereocenters. The number of carbonyl (C=O) groups is 2. The molecule has 1 aliphatic rings. The average molecular weight is 301 g/mol. The molecule has 2 aromatic rings. The van der Waals surface area contributed by atoms with Gasteiger partial charge >= 0.3 is 0 Å². The molecule has 0 aliphatic heterocycles. The Morgan fingerprint density at radius 3 is 2.57 bits per heavy atom. The third-order valence-corrected chi connectivity index (χ3v) is 4.48. The van der Waals surface area contributed by atoms with Crippen LogP contribution in [0, 0.1) is 12.8 Å². The van der Waals surface area contributed by atoms with Gasteiger partial charge in [0.2, 0.25) is 5.91 Å². The molecule has 0 atom stereocenters. The van der Waals surface area contributed by atoms with E-state index >= 15 is 0 Å². The van der Waals surface area contributed by atoms with Gasteiger partial charge in [0.1, 0.15) is 9.88 Å². The van der Waals surface area contributed by atoms with Crippen LogP contribution in [0.4, 0.5) is 0 Å². The lowest BCUT2D eigenvalue weighted by Crippen LogP contribution is -2.42. The highest BCUT2D eigenvalue weighted by atomic mass is 32.1. The van der Waals surface area contributed by atoms with Gasteiger partial charge < -0.3 is 0 Å². The fraction of sp³-hybridized carbons (Fsp3) is 0.267. The van der Waals surface area contributed by atoms with Crippen molar-refractivity contribution in [3.8, 4) is 10.6 Å². The van der Waals surface area contributed by atoms with Crippen LogP contribution >= 0.6 is 11.3 Å². The molecule has 5 nitrogen and oxygen atoms in total. The molecule has 0 saturated heterocycles. The molecule has 2 N–H and O–H groups in total. The van der Waals surface area contributed by atoms with Crippen molar-refractivity contribution in [1.29, 1.82) is 0 Å². The first-order valence-electron chi connectivity index (χ1n) is 6.78. The topological polar surface area (TPSA) is 71.1 Å². The fourth-order valence-corrected chi connectivity index (χ4v) is 2.90. The van der Waals surface area contributed by atoms with Gasteiger partial charge in [0, 0.05) is 11.5 Å². The predicted molar refractivity (Wildman–Crippen MR) is 80.6 cm³/mol. The molecule has 0 bridgehead atoms. The van der Waals surface area contributed by atoms with Crippen LogP contribution in [0.5, 0.6) is 0 Å². The standard InChI is InChI=1S/C15H15N3O2S/c1-9-12(14(20)18-17-13(19)10-7-8-10)21-15(16-9)11-5-3-2-4-6-11/h2-6,10H,7-8H2,1H3,(H,17,19)(H,18,20). The summed E-state index contributed by atoms with van der Waals surface area (Å²) in [6.45, 7) is 1.79. The SMILES string of the molecule is Cc1nc(-c2ccccc2)sc1C(=O)NNC(=O)C1CC1. The van der Waals surface area contributed by atoms with Gasteiger partial charge in [-0.3, -0.25) is 20.4 Å². The third-order valence-electron chi connectivity index (χ3n) is 3.27. The number of hydrogen-bond acceptors (Lipinski definition) is 4. The molecule has 2 amide bonds.